The van der Waals surface area contributed by atoms with E-state index < -0.39 is 0 Å². The van der Waals surface area contributed by atoms with Crippen LogP contribution in [-0.4, -0.2) is 17.4 Å². The third-order valence-electron chi connectivity index (χ3n) is 1.90. The SMILES string of the molecule is Cc1cccnc1NCCCC(N)=O. The highest BCUT2D eigenvalue weighted by molar-refractivity contribution is 5.73. The van der Waals surface area contributed by atoms with E-state index in [1.807, 2.05) is 19.1 Å². The molecular formula is C10H15N3O. The molecule has 1 heterocycles. The third kappa shape index (κ3) is 3.43. The van der Waals surface area contributed by atoms with Crippen LogP contribution in [0.5, 0.6) is 0 Å². The van der Waals surface area contributed by atoms with E-state index in [9.17, 15) is 4.79 Å². The van der Waals surface area contributed by atoms with Crippen LogP contribution in [0.4, 0.5) is 5.82 Å². The Labute approximate surface area is 83.5 Å². The summed E-state index contributed by atoms with van der Waals surface area (Å²) >= 11 is 0. The molecule has 1 aromatic rings. The number of anilines is 1. The lowest BCUT2D eigenvalue weighted by Crippen LogP contribution is -2.13. The molecule has 0 fully saturated rings. The normalized spacial score (nSPS) is 9.79. The first-order valence-electron chi connectivity index (χ1n) is 4.64. The molecule has 0 aliphatic carbocycles. The quantitative estimate of drug-likeness (QED) is 0.687. The molecule has 14 heavy (non-hydrogen) atoms. The lowest BCUT2D eigenvalue weighted by Gasteiger charge is -2.06. The zero-order valence-corrected chi connectivity index (χ0v) is 8.29. The van der Waals surface area contributed by atoms with Gasteiger partial charge in [0.25, 0.3) is 0 Å². The summed E-state index contributed by atoms with van der Waals surface area (Å²) in [7, 11) is 0. The molecule has 0 saturated heterocycles. The van der Waals surface area contributed by atoms with E-state index in [0.29, 0.717) is 6.42 Å². The van der Waals surface area contributed by atoms with Gasteiger partial charge in [0.15, 0.2) is 0 Å². The highest BCUT2D eigenvalue weighted by atomic mass is 16.1. The summed E-state index contributed by atoms with van der Waals surface area (Å²) in [6.07, 6.45) is 2.90. The number of hydrogen-bond donors (Lipinski definition) is 2. The Morgan fingerprint density at radius 1 is 1.64 bits per heavy atom. The first kappa shape index (κ1) is 10.5. The molecule has 0 saturated carbocycles. The van der Waals surface area contributed by atoms with Gasteiger partial charge >= 0.3 is 0 Å². The number of amides is 1. The summed E-state index contributed by atoms with van der Waals surface area (Å²) in [5, 5.41) is 3.15. The average Bonchev–Trinajstić information content (AvgIpc) is 2.15. The van der Waals surface area contributed by atoms with E-state index in [-0.39, 0.29) is 5.91 Å². The minimum absolute atomic E-state index is 0.260. The molecule has 0 unspecified atom stereocenters. The van der Waals surface area contributed by atoms with Crippen LogP contribution in [0.3, 0.4) is 0 Å². The molecule has 0 bridgehead atoms. The van der Waals surface area contributed by atoms with Gasteiger partial charge in [-0.15, -0.1) is 0 Å². The standard InChI is InChI=1S/C10H15N3O/c1-8-4-2-6-12-10(8)13-7-3-5-9(11)14/h2,4,6H,3,5,7H2,1H3,(H2,11,14)(H,12,13). The highest BCUT2D eigenvalue weighted by Gasteiger charge is 1.97. The number of nitrogens with two attached hydrogens (primary N) is 1. The molecule has 0 aromatic carbocycles. The Balaban J connectivity index is 2.31. The maximum absolute atomic E-state index is 10.5. The minimum atomic E-state index is -0.260. The number of primary amides is 1. The molecule has 0 radical (unpaired) electrons. The highest BCUT2D eigenvalue weighted by Crippen LogP contribution is 2.08. The van der Waals surface area contributed by atoms with Crippen LogP contribution in [0, 0.1) is 6.92 Å². The number of aromatic nitrogens is 1. The largest absolute Gasteiger partial charge is 0.370 e. The lowest BCUT2D eigenvalue weighted by molar-refractivity contribution is -0.118. The smallest absolute Gasteiger partial charge is 0.217 e. The number of carbonyl (C=O) groups excluding carboxylic acids is 1. The maximum Gasteiger partial charge on any atom is 0.217 e. The molecule has 0 atom stereocenters. The monoisotopic (exact) mass is 193 g/mol. The van der Waals surface area contributed by atoms with Crippen LogP contribution < -0.4 is 11.1 Å². The molecule has 0 aliphatic heterocycles. The van der Waals surface area contributed by atoms with Gasteiger partial charge in [0.1, 0.15) is 5.82 Å². The first-order valence-corrected chi connectivity index (χ1v) is 4.64. The fraction of sp³-hybridized carbons (Fsp3) is 0.400. The second-order valence-electron chi connectivity index (χ2n) is 3.17. The van der Waals surface area contributed by atoms with E-state index in [1.54, 1.807) is 6.20 Å². The van der Waals surface area contributed by atoms with Gasteiger partial charge in [-0.3, -0.25) is 4.79 Å². The second-order valence-corrected chi connectivity index (χ2v) is 3.17. The molecule has 1 amide bonds. The topological polar surface area (TPSA) is 68.0 Å². The van der Waals surface area contributed by atoms with Crippen molar-refractivity contribution in [2.45, 2.75) is 19.8 Å². The minimum Gasteiger partial charge on any atom is -0.370 e. The van der Waals surface area contributed by atoms with Crippen molar-refractivity contribution in [1.82, 2.24) is 4.98 Å². The molecule has 0 spiro atoms. The zero-order chi connectivity index (χ0) is 10.4. The summed E-state index contributed by atoms with van der Waals surface area (Å²) in [6, 6.07) is 3.88. The number of nitrogens with one attached hydrogen (secondary N) is 1. The van der Waals surface area contributed by atoms with E-state index >= 15 is 0 Å². The fourth-order valence-corrected chi connectivity index (χ4v) is 1.14. The van der Waals surface area contributed by atoms with Crippen molar-refractivity contribution in [2.75, 3.05) is 11.9 Å². The summed E-state index contributed by atoms with van der Waals surface area (Å²) in [5.74, 6) is 0.613. The number of pyridine rings is 1. The van der Waals surface area contributed by atoms with Crippen molar-refractivity contribution >= 4 is 11.7 Å². The molecule has 4 nitrogen and oxygen atoms in total. The van der Waals surface area contributed by atoms with E-state index in [2.05, 4.69) is 10.3 Å². The second kappa shape index (κ2) is 5.21. The van der Waals surface area contributed by atoms with Crippen LogP contribution in [0.25, 0.3) is 0 Å². The molecule has 76 valence electrons. The molecule has 0 aliphatic rings. The summed E-state index contributed by atoms with van der Waals surface area (Å²) in [6.45, 7) is 2.71. The average molecular weight is 193 g/mol. The molecule has 4 heteroatoms. The van der Waals surface area contributed by atoms with Crippen LogP contribution in [0.15, 0.2) is 18.3 Å². The van der Waals surface area contributed by atoms with E-state index in [1.165, 1.54) is 0 Å². The van der Waals surface area contributed by atoms with Crippen molar-refractivity contribution in [1.29, 1.82) is 0 Å². The Hall–Kier alpha value is -1.58. The molecular weight excluding hydrogens is 178 g/mol. The Bertz CT molecular complexity index is 312. The number of rotatable bonds is 5. The molecule has 1 rings (SSSR count). The summed E-state index contributed by atoms with van der Waals surface area (Å²) in [5.41, 5.74) is 6.12. The van der Waals surface area contributed by atoms with Crippen LogP contribution in [-0.2, 0) is 4.79 Å². The first-order chi connectivity index (χ1) is 6.70. The van der Waals surface area contributed by atoms with Gasteiger partial charge in [0, 0.05) is 19.2 Å². The van der Waals surface area contributed by atoms with Gasteiger partial charge in [0.05, 0.1) is 0 Å². The van der Waals surface area contributed by atoms with Gasteiger partial charge in [-0.1, -0.05) is 6.07 Å². The number of hydrogen-bond acceptors (Lipinski definition) is 3. The Morgan fingerprint density at radius 3 is 3.07 bits per heavy atom. The van der Waals surface area contributed by atoms with E-state index in [4.69, 9.17) is 5.73 Å². The number of carbonyl (C=O) groups is 1. The fourth-order valence-electron chi connectivity index (χ4n) is 1.14. The van der Waals surface area contributed by atoms with Gasteiger partial charge < -0.3 is 11.1 Å². The van der Waals surface area contributed by atoms with Crippen LogP contribution >= 0.6 is 0 Å². The summed E-state index contributed by atoms with van der Waals surface area (Å²) < 4.78 is 0. The van der Waals surface area contributed by atoms with E-state index in [0.717, 1.165) is 24.3 Å². The predicted molar refractivity (Wildman–Crippen MR) is 55.9 cm³/mol. The number of nitrogens with zero attached hydrogens (tertiary/aromatic N) is 1. The van der Waals surface area contributed by atoms with Crippen molar-refractivity contribution in [3.8, 4) is 0 Å². The Kier molecular flexibility index (Phi) is 3.91. The zero-order valence-electron chi connectivity index (χ0n) is 8.29. The van der Waals surface area contributed by atoms with Crippen molar-refractivity contribution in [3.05, 3.63) is 23.9 Å². The lowest BCUT2D eigenvalue weighted by atomic mass is 10.2. The van der Waals surface area contributed by atoms with Crippen LogP contribution in [0.2, 0.25) is 0 Å². The molecule has 1 aromatic heterocycles. The maximum atomic E-state index is 10.5. The van der Waals surface area contributed by atoms with Crippen molar-refractivity contribution in [3.63, 3.8) is 0 Å². The third-order valence-corrected chi connectivity index (χ3v) is 1.90. The van der Waals surface area contributed by atoms with Gasteiger partial charge in [-0.2, -0.15) is 0 Å². The van der Waals surface area contributed by atoms with Crippen LogP contribution in [0.1, 0.15) is 18.4 Å². The summed E-state index contributed by atoms with van der Waals surface area (Å²) in [4.78, 5) is 14.6. The van der Waals surface area contributed by atoms with Gasteiger partial charge in [-0.25, -0.2) is 4.98 Å². The van der Waals surface area contributed by atoms with Gasteiger partial charge in [0.2, 0.25) is 5.91 Å². The van der Waals surface area contributed by atoms with Crippen molar-refractivity contribution < 1.29 is 4.79 Å². The van der Waals surface area contributed by atoms with Gasteiger partial charge in [-0.05, 0) is 25.0 Å². The predicted octanol–water partition coefficient (Wildman–Crippen LogP) is 1.07. The van der Waals surface area contributed by atoms with Crippen molar-refractivity contribution in [2.24, 2.45) is 5.73 Å². The molecule has 3 N–H and O–H groups in total. The number of aryl methyl sites for hydroxylation is 1. The Morgan fingerprint density at radius 2 is 2.43 bits per heavy atom.